The monoisotopic (exact) mass is 371 g/mol. The summed E-state index contributed by atoms with van der Waals surface area (Å²) in [7, 11) is 1.28. The average Bonchev–Trinajstić information content (AvgIpc) is 2.47. The van der Waals surface area contributed by atoms with Crippen molar-refractivity contribution >= 4 is 39.2 Å². The number of carbonyl (C=O) groups excluding carboxylic acids is 1. The molecular weight excluding hydrogens is 361 g/mol. The highest BCUT2D eigenvalue weighted by molar-refractivity contribution is 9.10. The number of benzene rings is 2. The number of methoxy groups -OCH3 is 1. The summed E-state index contributed by atoms with van der Waals surface area (Å²) in [6.07, 6.45) is 0. The van der Waals surface area contributed by atoms with Crippen LogP contribution in [0.3, 0.4) is 0 Å². The Morgan fingerprint density at radius 1 is 1.33 bits per heavy atom. The van der Waals surface area contributed by atoms with Crippen molar-refractivity contribution in [2.24, 2.45) is 0 Å². The van der Waals surface area contributed by atoms with Crippen LogP contribution in [-0.2, 0) is 9.53 Å². The maximum atomic E-state index is 13.6. The predicted molar refractivity (Wildman–Crippen MR) is 83.9 cm³/mol. The van der Waals surface area contributed by atoms with Crippen molar-refractivity contribution in [2.45, 2.75) is 6.04 Å². The van der Waals surface area contributed by atoms with Crippen LogP contribution in [0.2, 0.25) is 5.02 Å². The third-order valence-corrected chi connectivity index (χ3v) is 3.65. The molecule has 1 N–H and O–H groups in total. The van der Waals surface area contributed by atoms with Gasteiger partial charge in [-0.2, -0.15) is 0 Å². The Morgan fingerprint density at radius 2 is 2.10 bits per heavy atom. The molecule has 0 aromatic heterocycles. The Kier molecular flexibility index (Phi) is 5.20. The second-order valence-corrected chi connectivity index (χ2v) is 5.61. The number of ether oxygens (including phenoxy) is 1. The molecule has 0 aliphatic rings. The Hall–Kier alpha value is -1.59. The fourth-order valence-electron chi connectivity index (χ4n) is 1.83. The molecule has 3 nitrogen and oxygen atoms in total. The van der Waals surface area contributed by atoms with Gasteiger partial charge in [0.1, 0.15) is 5.82 Å². The number of hydrogen-bond donors (Lipinski definition) is 1. The summed E-state index contributed by atoms with van der Waals surface area (Å²) in [5.74, 6) is -1.10. The molecule has 0 radical (unpaired) electrons. The number of esters is 1. The lowest BCUT2D eigenvalue weighted by atomic mass is 10.1. The Morgan fingerprint density at radius 3 is 2.71 bits per heavy atom. The molecule has 2 rings (SSSR count). The number of carbonyl (C=O) groups is 1. The van der Waals surface area contributed by atoms with E-state index in [1.165, 1.54) is 19.2 Å². The van der Waals surface area contributed by atoms with E-state index < -0.39 is 17.8 Å². The first-order valence-corrected chi connectivity index (χ1v) is 7.23. The second-order valence-electron chi connectivity index (χ2n) is 4.28. The normalized spacial score (nSPS) is 11.8. The van der Waals surface area contributed by atoms with Gasteiger partial charge in [-0.15, -0.1) is 0 Å². The summed E-state index contributed by atoms with van der Waals surface area (Å²) >= 11 is 9.01. The molecule has 2 aromatic carbocycles. The van der Waals surface area contributed by atoms with Crippen LogP contribution in [-0.4, -0.2) is 13.1 Å². The molecule has 1 unspecified atom stereocenters. The fourth-order valence-corrected chi connectivity index (χ4v) is 2.35. The van der Waals surface area contributed by atoms with Crippen LogP contribution in [0, 0.1) is 5.82 Å². The van der Waals surface area contributed by atoms with E-state index in [1.807, 2.05) is 18.2 Å². The van der Waals surface area contributed by atoms with Crippen LogP contribution < -0.4 is 5.32 Å². The van der Waals surface area contributed by atoms with Crippen molar-refractivity contribution in [1.29, 1.82) is 0 Å². The van der Waals surface area contributed by atoms with Gasteiger partial charge in [0.2, 0.25) is 0 Å². The lowest BCUT2D eigenvalue weighted by Gasteiger charge is -2.18. The van der Waals surface area contributed by atoms with E-state index in [9.17, 15) is 9.18 Å². The summed E-state index contributed by atoms with van der Waals surface area (Å²) in [6.45, 7) is 0. The van der Waals surface area contributed by atoms with Gasteiger partial charge >= 0.3 is 5.97 Å². The van der Waals surface area contributed by atoms with E-state index in [-0.39, 0.29) is 5.02 Å². The molecule has 0 aliphatic heterocycles. The van der Waals surface area contributed by atoms with E-state index in [4.69, 9.17) is 16.3 Å². The van der Waals surface area contributed by atoms with Gasteiger partial charge in [-0.25, -0.2) is 9.18 Å². The van der Waals surface area contributed by atoms with Gasteiger partial charge in [0.05, 0.1) is 12.1 Å². The van der Waals surface area contributed by atoms with E-state index in [0.717, 1.165) is 4.47 Å². The molecule has 0 amide bonds. The van der Waals surface area contributed by atoms with Gasteiger partial charge in [-0.3, -0.25) is 0 Å². The van der Waals surface area contributed by atoms with Gasteiger partial charge < -0.3 is 10.1 Å². The largest absolute Gasteiger partial charge is 0.467 e. The molecule has 21 heavy (non-hydrogen) atoms. The lowest BCUT2D eigenvalue weighted by molar-refractivity contribution is -0.141. The molecule has 0 heterocycles. The maximum Gasteiger partial charge on any atom is 0.332 e. The summed E-state index contributed by atoms with van der Waals surface area (Å²) in [6, 6.07) is 10.7. The summed E-state index contributed by atoms with van der Waals surface area (Å²) < 4.78 is 19.2. The highest BCUT2D eigenvalue weighted by Gasteiger charge is 2.22. The highest BCUT2D eigenvalue weighted by atomic mass is 79.9. The zero-order valence-corrected chi connectivity index (χ0v) is 13.4. The van der Waals surface area contributed by atoms with Crippen molar-refractivity contribution in [3.63, 3.8) is 0 Å². The van der Waals surface area contributed by atoms with E-state index in [2.05, 4.69) is 21.2 Å². The van der Waals surface area contributed by atoms with Crippen LogP contribution in [0.5, 0.6) is 0 Å². The molecule has 0 aliphatic carbocycles. The minimum absolute atomic E-state index is 0.00446. The van der Waals surface area contributed by atoms with Gasteiger partial charge in [0.15, 0.2) is 6.04 Å². The average molecular weight is 373 g/mol. The van der Waals surface area contributed by atoms with Crippen molar-refractivity contribution in [2.75, 3.05) is 12.4 Å². The molecule has 110 valence electrons. The quantitative estimate of drug-likeness (QED) is 0.799. The van der Waals surface area contributed by atoms with Crippen molar-refractivity contribution in [3.8, 4) is 0 Å². The summed E-state index contributed by atoms with van der Waals surface area (Å²) in [5, 5.41) is 3.02. The number of halogens is 3. The molecule has 0 spiro atoms. The van der Waals surface area contributed by atoms with Gasteiger partial charge in [0, 0.05) is 10.2 Å². The standard InChI is InChI=1S/C15H12BrClFNO2/c1-21-15(20)14(9-5-6-12(17)13(18)7-9)19-11-4-2-3-10(16)8-11/h2-8,14,19H,1H3. The fraction of sp³-hybridized carbons (Fsp3) is 0.133. The third-order valence-electron chi connectivity index (χ3n) is 2.85. The van der Waals surface area contributed by atoms with E-state index in [0.29, 0.717) is 11.3 Å². The molecule has 0 saturated carbocycles. The van der Waals surface area contributed by atoms with Crippen molar-refractivity contribution in [3.05, 3.63) is 63.3 Å². The van der Waals surface area contributed by atoms with Crippen LogP contribution >= 0.6 is 27.5 Å². The smallest absolute Gasteiger partial charge is 0.332 e. The van der Waals surface area contributed by atoms with E-state index >= 15 is 0 Å². The van der Waals surface area contributed by atoms with Crippen molar-refractivity contribution < 1.29 is 13.9 Å². The molecule has 0 fully saturated rings. The minimum Gasteiger partial charge on any atom is -0.467 e. The first-order valence-electron chi connectivity index (χ1n) is 6.06. The van der Waals surface area contributed by atoms with Crippen LogP contribution in [0.1, 0.15) is 11.6 Å². The van der Waals surface area contributed by atoms with E-state index in [1.54, 1.807) is 12.1 Å². The number of rotatable bonds is 4. The van der Waals surface area contributed by atoms with Crippen molar-refractivity contribution in [1.82, 2.24) is 0 Å². The van der Waals surface area contributed by atoms with Crippen LogP contribution in [0.25, 0.3) is 0 Å². The van der Waals surface area contributed by atoms with Gasteiger partial charge in [-0.1, -0.05) is 39.7 Å². The summed E-state index contributed by atoms with van der Waals surface area (Å²) in [5.41, 5.74) is 1.14. The lowest BCUT2D eigenvalue weighted by Crippen LogP contribution is -2.22. The van der Waals surface area contributed by atoms with Gasteiger partial charge in [-0.05, 0) is 35.9 Å². The molecule has 6 heteroatoms. The number of anilines is 1. The Balaban J connectivity index is 2.34. The highest BCUT2D eigenvalue weighted by Crippen LogP contribution is 2.26. The molecule has 2 aromatic rings. The summed E-state index contributed by atoms with van der Waals surface area (Å²) in [4.78, 5) is 11.9. The minimum atomic E-state index is -0.823. The first-order chi connectivity index (χ1) is 10.0. The second kappa shape index (κ2) is 6.91. The zero-order chi connectivity index (χ0) is 15.4. The number of hydrogen-bond acceptors (Lipinski definition) is 3. The first kappa shape index (κ1) is 15.8. The topological polar surface area (TPSA) is 38.3 Å². The molecule has 0 bridgehead atoms. The molecule has 0 saturated heterocycles. The Bertz CT molecular complexity index is 666. The number of nitrogens with one attached hydrogen (secondary N) is 1. The van der Waals surface area contributed by atoms with Crippen LogP contribution in [0.4, 0.5) is 10.1 Å². The Labute approximate surface area is 135 Å². The van der Waals surface area contributed by atoms with Crippen LogP contribution in [0.15, 0.2) is 46.9 Å². The SMILES string of the molecule is COC(=O)C(Nc1cccc(Br)c1)c1ccc(Cl)c(F)c1. The predicted octanol–water partition coefficient (Wildman–Crippen LogP) is 4.57. The molecule has 1 atom stereocenters. The van der Waals surface area contributed by atoms with Gasteiger partial charge in [0.25, 0.3) is 0 Å². The zero-order valence-electron chi connectivity index (χ0n) is 11.1. The third kappa shape index (κ3) is 3.95. The molecular formula is C15H12BrClFNO2. The maximum absolute atomic E-state index is 13.6.